The van der Waals surface area contributed by atoms with E-state index in [1.54, 1.807) is 0 Å². The molecule has 0 fully saturated rings. The molecular weight excluding hydrogens is 803 g/mol. The fourth-order valence-corrected chi connectivity index (χ4v) is 8.31. The van der Waals surface area contributed by atoms with Crippen molar-refractivity contribution in [2.24, 2.45) is 0 Å². The van der Waals surface area contributed by atoms with Crippen molar-refractivity contribution in [3.8, 4) is 0 Å². The Kier molecular flexibility index (Phi) is 46.5. The molecule has 0 radical (unpaired) electrons. The summed E-state index contributed by atoms with van der Waals surface area (Å²) in [5.41, 5.74) is 0. The maximum atomic E-state index is 12.8. The number of hydrogen-bond acceptors (Lipinski definition) is 7. The molecule has 0 saturated carbocycles. The Labute approximate surface area is 396 Å². The predicted octanol–water partition coefficient (Wildman–Crippen LogP) is 15.6. The monoisotopic (exact) mass is 911 g/mol. The first kappa shape index (κ1) is 62.3. The van der Waals surface area contributed by atoms with Gasteiger partial charge in [-0.25, -0.2) is 4.79 Å². The molecule has 0 aromatic rings. The number of esters is 2. The van der Waals surface area contributed by atoms with E-state index < -0.39 is 18.4 Å². The number of unbranched alkanes of at least 4 members (excludes halogenated alkanes) is 37. The van der Waals surface area contributed by atoms with Gasteiger partial charge in [-0.1, -0.05) is 251 Å². The van der Waals surface area contributed by atoms with Gasteiger partial charge >= 0.3 is 17.9 Å². The van der Waals surface area contributed by atoms with E-state index in [4.69, 9.17) is 18.9 Å². The molecule has 380 valence electrons. The zero-order valence-corrected chi connectivity index (χ0v) is 43.2. The van der Waals surface area contributed by atoms with Crippen LogP contribution in [0.2, 0.25) is 0 Å². The summed E-state index contributed by atoms with van der Waals surface area (Å²) < 4.78 is 22.9. The maximum absolute atomic E-state index is 12.8. The van der Waals surface area contributed by atoms with Gasteiger partial charge in [-0.3, -0.25) is 9.59 Å². The quantitative estimate of drug-likeness (QED) is 0.0278. The number of likely N-dealkylation sites (N-methyl/N-ethyl adjacent to an activating group) is 1. The van der Waals surface area contributed by atoms with Gasteiger partial charge in [0.05, 0.1) is 34.4 Å². The number of ether oxygens (including phenoxy) is 4. The van der Waals surface area contributed by atoms with Crippen molar-refractivity contribution in [1.29, 1.82) is 0 Å². The van der Waals surface area contributed by atoms with Gasteiger partial charge < -0.3 is 28.5 Å². The van der Waals surface area contributed by atoms with Crippen LogP contribution in [0.4, 0.5) is 0 Å². The Balaban J connectivity index is 4.19. The largest absolute Gasteiger partial charge is 0.477 e. The standard InChI is InChI=1S/C55H107NO8/c1-6-8-10-12-14-16-18-20-22-23-24-25-26-27-28-29-30-32-34-36-38-40-42-44-46-53(58)64-51(50-63-55(54(59)60)61-48-47-56(3,4)5)49-62-52(57)45-43-41-39-37-35-33-31-21-19-17-15-13-11-9-7-2/h51,55H,6-50H2,1-5H3/p+1. The van der Waals surface area contributed by atoms with Crippen molar-refractivity contribution in [3.05, 3.63) is 0 Å². The predicted molar refractivity (Wildman–Crippen MR) is 268 cm³/mol. The highest BCUT2D eigenvalue weighted by Crippen LogP contribution is 2.18. The van der Waals surface area contributed by atoms with Gasteiger partial charge in [0.25, 0.3) is 6.29 Å². The molecule has 0 bridgehead atoms. The van der Waals surface area contributed by atoms with E-state index in [1.165, 1.54) is 212 Å². The number of carboxylic acids is 1. The van der Waals surface area contributed by atoms with Crippen LogP contribution >= 0.6 is 0 Å². The minimum Gasteiger partial charge on any atom is -0.477 e. The van der Waals surface area contributed by atoms with E-state index in [0.717, 1.165) is 38.5 Å². The highest BCUT2D eigenvalue weighted by molar-refractivity contribution is 5.71. The van der Waals surface area contributed by atoms with Gasteiger partial charge in [-0.05, 0) is 12.8 Å². The molecule has 1 N–H and O–H groups in total. The van der Waals surface area contributed by atoms with Crippen molar-refractivity contribution in [2.45, 2.75) is 289 Å². The molecule has 0 aliphatic carbocycles. The zero-order valence-electron chi connectivity index (χ0n) is 43.2. The van der Waals surface area contributed by atoms with Crippen LogP contribution in [0.25, 0.3) is 0 Å². The molecule has 2 atom stereocenters. The number of rotatable bonds is 52. The molecule has 0 aromatic carbocycles. The van der Waals surface area contributed by atoms with Crippen molar-refractivity contribution in [3.63, 3.8) is 0 Å². The number of carboxylic acid groups (broad SMARTS) is 1. The first-order valence-electron chi connectivity index (χ1n) is 27.7. The van der Waals surface area contributed by atoms with Crippen LogP contribution in [0.3, 0.4) is 0 Å². The Morgan fingerprint density at radius 2 is 0.703 bits per heavy atom. The lowest BCUT2D eigenvalue weighted by Gasteiger charge is -2.25. The molecule has 0 aromatic heterocycles. The SMILES string of the molecule is CCCCCCCCCCCCCCCCCCCCCCCCCCC(=O)OC(COC(=O)CCCCCCCCCCCCCCCCC)COC(OCC[N+](C)(C)C)C(=O)O. The summed E-state index contributed by atoms with van der Waals surface area (Å²) in [4.78, 5) is 37.3. The molecule has 0 amide bonds. The number of quaternary nitrogens is 1. The number of hydrogen-bond donors (Lipinski definition) is 1. The molecule has 0 heterocycles. The molecule has 64 heavy (non-hydrogen) atoms. The second-order valence-electron chi connectivity index (χ2n) is 20.3. The van der Waals surface area contributed by atoms with Crippen LogP contribution < -0.4 is 0 Å². The summed E-state index contributed by atoms with van der Waals surface area (Å²) in [5.74, 6) is -1.98. The van der Waals surface area contributed by atoms with Gasteiger partial charge in [-0.15, -0.1) is 0 Å². The second kappa shape index (κ2) is 47.8. The van der Waals surface area contributed by atoms with Gasteiger partial charge in [0.15, 0.2) is 6.10 Å². The van der Waals surface area contributed by atoms with E-state index >= 15 is 0 Å². The van der Waals surface area contributed by atoms with Crippen molar-refractivity contribution >= 4 is 17.9 Å². The van der Waals surface area contributed by atoms with Crippen LogP contribution in [0.1, 0.15) is 277 Å². The van der Waals surface area contributed by atoms with E-state index in [0.29, 0.717) is 17.4 Å². The lowest BCUT2D eigenvalue weighted by atomic mass is 10.0. The Bertz CT molecular complexity index is 1020. The molecule has 0 spiro atoms. The second-order valence-corrected chi connectivity index (χ2v) is 20.3. The number of nitrogens with zero attached hydrogens (tertiary/aromatic N) is 1. The van der Waals surface area contributed by atoms with Crippen LogP contribution in [-0.2, 0) is 33.3 Å². The smallest absolute Gasteiger partial charge is 0.361 e. The fraction of sp³-hybridized carbons (Fsp3) is 0.945. The molecule has 9 nitrogen and oxygen atoms in total. The van der Waals surface area contributed by atoms with Crippen molar-refractivity contribution < 1.29 is 42.9 Å². The highest BCUT2D eigenvalue weighted by atomic mass is 16.7. The van der Waals surface area contributed by atoms with Crippen molar-refractivity contribution in [1.82, 2.24) is 0 Å². The Morgan fingerprint density at radius 3 is 1.00 bits per heavy atom. The lowest BCUT2D eigenvalue weighted by Crippen LogP contribution is -2.40. The highest BCUT2D eigenvalue weighted by Gasteiger charge is 2.25. The molecular formula is C55H108NO8+. The van der Waals surface area contributed by atoms with Gasteiger partial charge in [0.1, 0.15) is 13.2 Å². The normalized spacial score (nSPS) is 12.7. The Hall–Kier alpha value is -1.71. The Morgan fingerprint density at radius 1 is 0.406 bits per heavy atom. The average molecular weight is 911 g/mol. The molecule has 0 aliphatic rings. The van der Waals surface area contributed by atoms with Gasteiger partial charge in [0, 0.05) is 12.8 Å². The number of aliphatic carboxylic acids is 1. The van der Waals surface area contributed by atoms with E-state index in [2.05, 4.69) is 13.8 Å². The van der Waals surface area contributed by atoms with Gasteiger partial charge in [0.2, 0.25) is 0 Å². The summed E-state index contributed by atoms with van der Waals surface area (Å²) in [6.45, 7) is 4.94. The molecule has 2 unspecified atom stereocenters. The average Bonchev–Trinajstić information content (AvgIpc) is 3.26. The summed E-state index contributed by atoms with van der Waals surface area (Å²) in [6.07, 6.45) is 48.9. The van der Waals surface area contributed by atoms with Crippen LogP contribution in [0.5, 0.6) is 0 Å². The van der Waals surface area contributed by atoms with Crippen LogP contribution in [0, 0.1) is 0 Å². The van der Waals surface area contributed by atoms with E-state index in [-0.39, 0.29) is 38.2 Å². The summed E-state index contributed by atoms with van der Waals surface area (Å²) in [5, 5.41) is 9.68. The molecule has 9 heteroatoms. The first-order chi connectivity index (χ1) is 31.1. The third-order valence-corrected chi connectivity index (χ3v) is 12.6. The number of carbonyl (C=O) groups excluding carboxylic acids is 2. The lowest BCUT2D eigenvalue weighted by molar-refractivity contribution is -0.870. The summed E-state index contributed by atoms with van der Waals surface area (Å²) >= 11 is 0. The zero-order chi connectivity index (χ0) is 47.0. The summed E-state index contributed by atoms with van der Waals surface area (Å²) in [6, 6.07) is 0. The fourth-order valence-electron chi connectivity index (χ4n) is 8.31. The topological polar surface area (TPSA) is 108 Å². The molecule has 0 aliphatic heterocycles. The molecule has 0 rings (SSSR count). The van der Waals surface area contributed by atoms with Crippen LogP contribution in [0.15, 0.2) is 0 Å². The third kappa shape index (κ3) is 48.2. The molecule has 0 saturated heterocycles. The minimum absolute atomic E-state index is 0.173. The third-order valence-electron chi connectivity index (χ3n) is 12.6. The van der Waals surface area contributed by atoms with E-state index in [9.17, 15) is 19.5 Å². The minimum atomic E-state index is -1.50. The summed E-state index contributed by atoms with van der Waals surface area (Å²) in [7, 11) is 5.98. The van der Waals surface area contributed by atoms with Crippen molar-refractivity contribution in [2.75, 3.05) is 47.5 Å². The van der Waals surface area contributed by atoms with Crippen LogP contribution in [-0.4, -0.2) is 87.4 Å². The first-order valence-corrected chi connectivity index (χ1v) is 27.7. The van der Waals surface area contributed by atoms with E-state index in [1.807, 2.05) is 21.1 Å². The van der Waals surface area contributed by atoms with Gasteiger partial charge in [-0.2, -0.15) is 0 Å². The maximum Gasteiger partial charge on any atom is 0.361 e. The number of carbonyl (C=O) groups is 3.